The van der Waals surface area contributed by atoms with Crippen LogP contribution in [0.3, 0.4) is 0 Å². The Morgan fingerprint density at radius 3 is 2.30 bits per heavy atom. The zero-order chi connectivity index (χ0) is 20.1. The van der Waals surface area contributed by atoms with Crippen molar-refractivity contribution in [3.8, 4) is 0 Å². The van der Waals surface area contributed by atoms with Gasteiger partial charge >= 0.3 is 5.97 Å². The van der Waals surface area contributed by atoms with Crippen LogP contribution in [-0.2, 0) is 16.1 Å². The summed E-state index contributed by atoms with van der Waals surface area (Å²) in [5, 5.41) is 7.91. The molecule has 1 N–H and O–H groups in total. The van der Waals surface area contributed by atoms with Crippen LogP contribution in [0, 0.1) is 11.8 Å². The largest absolute Gasteiger partial charge is 0.467 e. The molecular formula is C20H27N3O4. The van der Waals surface area contributed by atoms with Crippen molar-refractivity contribution >= 4 is 22.6 Å². The molecule has 0 saturated heterocycles. The number of nitrogens with one attached hydrogen (secondary N) is 1. The van der Waals surface area contributed by atoms with E-state index in [1.54, 1.807) is 24.3 Å². The minimum Gasteiger partial charge on any atom is -0.467 e. The van der Waals surface area contributed by atoms with E-state index < -0.39 is 17.9 Å². The first-order chi connectivity index (χ1) is 12.7. The molecule has 0 aliphatic carbocycles. The van der Waals surface area contributed by atoms with Crippen molar-refractivity contribution in [3.05, 3.63) is 40.3 Å². The normalized spacial score (nSPS) is 12.4. The highest BCUT2D eigenvalue weighted by Crippen LogP contribution is 2.15. The Hall–Kier alpha value is -2.70. The minimum atomic E-state index is -0.770. The zero-order valence-corrected chi connectivity index (χ0v) is 16.5. The second-order valence-corrected chi connectivity index (χ2v) is 7.45. The lowest BCUT2D eigenvalue weighted by Crippen LogP contribution is -2.43. The Labute approximate surface area is 158 Å². The molecule has 0 radical (unpaired) electrons. The molecule has 1 aromatic heterocycles. The highest BCUT2D eigenvalue weighted by Gasteiger charge is 2.25. The van der Waals surface area contributed by atoms with Gasteiger partial charge in [-0.05, 0) is 24.3 Å². The lowest BCUT2D eigenvalue weighted by molar-refractivity contribution is -0.143. The van der Waals surface area contributed by atoms with Gasteiger partial charge in [0.25, 0.3) is 11.5 Å². The van der Waals surface area contributed by atoms with E-state index in [4.69, 9.17) is 4.74 Å². The topological polar surface area (TPSA) is 90.3 Å². The zero-order valence-electron chi connectivity index (χ0n) is 16.5. The number of amides is 1. The number of methoxy groups -OCH3 is 1. The minimum absolute atomic E-state index is 0.128. The SMILES string of the molecule is COC(=O)C(CC(C)C)NC(=O)c1nn(CC(C)C)c(=O)c2ccccc12. The summed E-state index contributed by atoms with van der Waals surface area (Å²) in [7, 11) is 1.29. The maximum atomic E-state index is 12.9. The van der Waals surface area contributed by atoms with Crippen LogP contribution in [0.2, 0.25) is 0 Å². The van der Waals surface area contributed by atoms with Crippen molar-refractivity contribution in [3.63, 3.8) is 0 Å². The summed E-state index contributed by atoms with van der Waals surface area (Å²) >= 11 is 0. The summed E-state index contributed by atoms with van der Waals surface area (Å²) in [4.78, 5) is 37.6. The van der Waals surface area contributed by atoms with Gasteiger partial charge in [0.1, 0.15) is 6.04 Å². The molecule has 1 amide bonds. The van der Waals surface area contributed by atoms with E-state index in [1.165, 1.54) is 11.8 Å². The predicted octanol–water partition coefficient (Wildman–Crippen LogP) is 2.37. The van der Waals surface area contributed by atoms with Crippen LogP contribution in [0.4, 0.5) is 0 Å². The van der Waals surface area contributed by atoms with Crippen molar-refractivity contribution < 1.29 is 14.3 Å². The van der Waals surface area contributed by atoms with Crippen molar-refractivity contribution in [1.82, 2.24) is 15.1 Å². The van der Waals surface area contributed by atoms with Gasteiger partial charge in [0.15, 0.2) is 5.69 Å². The first-order valence-corrected chi connectivity index (χ1v) is 9.13. The molecule has 27 heavy (non-hydrogen) atoms. The van der Waals surface area contributed by atoms with E-state index in [-0.39, 0.29) is 23.1 Å². The van der Waals surface area contributed by atoms with Crippen LogP contribution in [0.25, 0.3) is 10.8 Å². The molecule has 0 fully saturated rings. The monoisotopic (exact) mass is 373 g/mol. The van der Waals surface area contributed by atoms with Gasteiger partial charge in [-0.25, -0.2) is 9.48 Å². The molecule has 0 bridgehead atoms. The van der Waals surface area contributed by atoms with Gasteiger partial charge in [0.2, 0.25) is 0 Å². The molecule has 1 aromatic carbocycles. The van der Waals surface area contributed by atoms with E-state index in [0.717, 1.165) is 0 Å². The van der Waals surface area contributed by atoms with E-state index in [2.05, 4.69) is 10.4 Å². The van der Waals surface area contributed by atoms with Crippen molar-refractivity contribution in [2.75, 3.05) is 7.11 Å². The lowest BCUT2D eigenvalue weighted by Gasteiger charge is -2.19. The number of benzene rings is 1. The first kappa shape index (κ1) is 20.6. The first-order valence-electron chi connectivity index (χ1n) is 9.13. The second kappa shape index (κ2) is 8.79. The van der Waals surface area contributed by atoms with Crippen molar-refractivity contribution in [2.45, 2.75) is 46.7 Å². The Morgan fingerprint density at radius 1 is 1.11 bits per heavy atom. The van der Waals surface area contributed by atoms with Gasteiger partial charge in [-0.15, -0.1) is 0 Å². The molecule has 2 aromatic rings. The third kappa shape index (κ3) is 4.93. The molecule has 0 spiro atoms. The number of nitrogens with zero attached hydrogens (tertiary/aromatic N) is 2. The van der Waals surface area contributed by atoms with Crippen molar-refractivity contribution in [1.29, 1.82) is 0 Å². The number of aromatic nitrogens is 2. The van der Waals surface area contributed by atoms with Gasteiger partial charge in [0.05, 0.1) is 12.5 Å². The Balaban J connectivity index is 2.49. The quantitative estimate of drug-likeness (QED) is 0.753. The Morgan fingerprint density at radius 2 is 1.74 bits per heavy atom. The molecule has 0 aliphatic rings. The van der Waals surface area contributed by atoms with Crippen LogP contribution in [0.1, 0.15) is 44.6 Å². The summed E-state index contributed by atoms with van der Waals surface area (Å²) < 4.78 is 6.12. The van der Waals surface area contributed by atoms with E-state index >= 15 is 0 Å². The third-order valence-corrected chi connectivity index (χ3v) is 4.12. The number of fused-ring (bicyclic) bond motifs is 1. The fourth-order valence-corrected chi connectivity index (χ4v) is 2.93. The summed E-state index contributed by atoms with van der Waals surface area (Å²) in [5.41, 5.74) is -0.106. The second-order valence-electron chi connectivity index (χ2n) is 7.45. The number of ether oxygens (including phenoxy) is 1. The summed E-state index contributed by atoms with van der Waals surface area (Å²) in [5.74, 6) is -0.623. The molecule has 7 heteroatoms. The summed E-state index contributed by atoms with van der Waals surface area (Å²) in [6, 6.07) is 6.10. The van der Waals surface area contributed by atoms with Crippen LogP contribution >= 0.6 is 0 Å². The van der Waals surface area contributed by atoms with E-state index in [9.17, 15) is 14.4 Å². The van der Waals surface area contributed by atoms with Crippen LogP contribution in [-0.4, -0.2) is 34.8 Å². The van der Waals surface area contributed by atoms with Gasteiger partial charge in [0, 0.05) is 11.9 Å². The Kier molecular flexibility index (Phi) is 6.71. The number of rotatable bonds is 7. The predicted molar refractivity (Wildman–Crippen MR) is 104 cm³/mol. The third-order valence-electron chi connectivity index (χ3n) is 4.12. The molecule has 146 valence electrons. The molecule has 1 atom stereocenters. The molecule has 0 aliphatic heterocycles. The maximum Gasteiger partial charge on any atom is 0.328 e. The van der Waals surface area contributed by atoms with E-state index in [1.807, 2.05) is 27.7 Å². The van der Waals surface area contributed by atoms with Crippen LogP contribution in [0.15, 0.2) is 29.1 Å². The van der Waals surface area contributed by atoms with Gasteiger partial charge < -0.3 is 10.1 Å². The highest BCUT2D eigenvalue weighted by atomic mass is 16.5. The smallest absolute Gasteiger partial charge is 0.328 e. The fraction of sp³-hybridized carbons (Fsp3) is 0.500. The number of esters is 1. The molecular weight excluding hydrogens is 346 g/mol. The van der Waals surface area contributed by atoms with Crippen LogP contribution in [0.5, 0.6) is 0 Å². The maximum absolute atomic E-state index is 12.9. The number of carbonyl (C=O) groups excluding carboxylic acids is 2. The molecule has 1 heterocycles. The molecule has 0 saturated carbocycles. The fourth-order valence-electron chi connectivity index (χ4n) is 2.93. The van der Waals surface area contributed by atoms with Gasteiger partial charge in [-0.2, -0.15) is 5.10 Å². The van der Waals surface area contributed by atoms with Crippen LogP contribution < -0.4 is 10.9 Å². The summed E-state index contributed by atoms with van der Waals surface area (Å²) in [6.07, 6.45) is 0.446. The summed E-state index contributed by atoms with van der Waals surface area (Å²) in [6.45, 7) is 8.26. The van der Waals surface area contributed by atoms with Gasteiger partial charge in [-0.1, -0.05) is 45.9 Å². The average Bonchev–Trinajstić information content (AvgIpc) is 2.62. The van der Waals surface area contributed by atoms with Gasteiger partial charge in [-0.3, -0.25) is 9.59 Å². The number of hydrogen-bond donors (Lipinski definition) is 1. The standard InChI is InChI=1S/C20H27N3O4/c1-12(2)10-16(20(26)27-5)21-18(24)17-14-8-6-7-9-15(14)19(25)23(22-17)11-13(3)4/h6-9,12-13,16H,10-11H2,1-5H3,(H,21,24). The average molecular weight is 373 g/mol. The number of carbonyl (C=O) groups is 2. The van der Waals surface area contributed by atoms with Crippen molar-refractivity contribution in [2.24, 2.45) is 11.8 Å². The molecule has 2 rings (SSSR count). The molecule has 7 nitrogen and oxygen atoms in total. The molecule has 1 unspecified atom stereocenters. The van der Waals surface area contributed by atoms with E-state index in [0.29, 0.717) is 23.7 Å². The lowest BCUT2D eigenvalue weighted by atomic mass is 10.0. The Bertz CT molecular complexity index is 886. The number of hydrogen-bond acceptors (Lipinski definition) is 5. The highest BCUT2D eigenvalue weighted by molar-refractivity contribution is 6.05.